The highest BCUT2D eigenvalue weighted by Crippen LogP contribution is 2.66. The molecule has 13 nitrogen and oxygen atoms in total. The van der Waals surface area contributed by atoms with Crippen molar-refractivity contribution < 1.29 is 38.9 Å². The lowest BCUT2D eigenvalue weighted by Crippen LogP contribution is -2.56. The van der Waals surface area contributed by atoms with Crippen LogP contribution in [0.5, 0.6) is 5.75 Å². The van der Waals surface area contributed by atoms with E-state index >= 15 is 19.2 Å². The first-order chi connectivity index (χ1) is 37.1. The van der Waals surface area contributed by atoms with Crippen LogP contribution in [-0.2, 0) is 31.1 Å². The summed E-state index contributed by atoms with van der Waals surface area (Å²) in [6.45, 7) is 2.42. The number of morpholine rings is 1. The Labute approximate surface area is 442 Å². The molecule has 0 aliphatic carbocycles. The Morgan fingerprint density at radius 2 is 1.36 bits per heavy atom. The number of benzene rings is 7. The number of imide groups is 1. The highest BCUT2D eigenvalue weighted by Gasteiger charge is 2.75. The number of esters is 1. The van der Waals surface area contributed by atoms with Gasteiger partial charge in [0.2, 0.25) is 11.8 Å². The first kappa shape index (κ1) is 51.1. The van der Waals surface area contributed by atoms with Gasteiger partial charge in [-0.25, -0.2) is 9.69 Å². The number of ether oxygens (including phenoxy) is 2. The number of amides is 4. The van der Waals surface area contributed by atoms with E-state index in [1.165, 1.54) is 0 Å². The molecule has 4 N–H and O–H groups in total. The van der Waals surface area contributed by atoms with Gasteiger partial charge in [-0.2, -0.15) is 0 Å². The predicted octanol–water partition coefficient (Wildman–Crippen LogP) is 8.53. The molecule has 4 amide bonds. The van der Waals surface area contributed by atoms with Crippen LogP contribution in [0.1, 0.15) is 81.8 Å². The van der Waals surface area contributed by atoms with Gasteiger partial charge in [0.05, 0.1) is 49.0 Å². The van der Waals surface area contributed by atoms with Gasteiger partial charge in [0.1, 0.15) is 29.9 Å². The molecule has 0 radical (unpaired) electrons. The first-order valence-corrected chi connectivity index (χ1v) is 25.6. The number of rotatable bonds is 15. The topological polar surface area (TPSA) is 161 Å². The molecule has 384 valence electrons. The van der Waals surface area contributed by atoms with E-state index in [4.69, 9.17) is 9.47 Å². The maximum Gasteiger partial charge on any atom is 0.329 e. The number of urea groups is 1. The summed E-state index contributed by atoms with van der Waals surface area (Å²) < 4.78 is 12.5. The Kier molecular flexibility index (Phi) is 15.2. The summed E-state index contributed by atoms with van der Waals surface area (Å²) in [5.74, 6) is 3.29. The molecule has 3 aliphatic rings. The fourth-order valence-corrected chi connectivity index (χ4v) is 11.3. The standard InChI is InChI=1S/C63H59N5O8/c1-42(45-22-10-4-11-23-45)65-62(74)67-52-35-30-43(21-18-36-66(2)41-44-19-8-3-9-20-44)39-51(52)63(61(67)73)54(59(71)64-40-53(70)46-24-12-5-13-25-46)56-60(72)76-57(48-28-16-7-17-29-48)55(47-26-14-6-15-27-47)68(56)58(63)49-31-33-50(34-32-49)75-38-37-69/h3-17,19-20,22-35,39,42,53-58,69-70H,36-38,40-41H2,1-2H3,(H,64,71)(H,65,74)/t42-,53+,54-,55-,56-,57+,58+,63-/m1/s1. The maximum atomic E-state index is 16.8. The molecule has 13 heteroatoms. The quantitative estimate of drug-likeness (QED) is 0.0579. The molecule has 1 spiro atoms. The van der Waals surface area contributed by atoms with Crippen LogP contribution < -0.4 is 20.3 Å². The highest BCUT2D eigenvalue weighted by molar-refractivity contribution is 6.24. The number of carbonyl (C=O) groups is 4. The predicted molar refractivity (Wildman–Crippen MR) is 288 cm³/mol. The first-order valence-electron chi connectivity index (χ1n) is 25.6. The molecule has 2 saturated heterocycles. The summed E-state index contributed by atoms with van der Waals surface area (Å²) in [7, 11) is 1.98. The summed E-state index contributed by atoms with van der Waals surface area (Å²) >= 11 is 0. The average molecular weight is 1010 g/mol. The van der Waals surface area contributed by atoms with Gasteiger partial charge in [0, 0.05) is 18.7 Å². The molecular weight excluding hydrogens is 955 g/mol. The minimum absolute atomic E-state index is 0.0296. The molecule has 7 aromatic rings. The fourth-order valence-electron chi connectivity index (χ4n) is 11.3. The molecule has 3 aliphatic heterocycles. The lowest BCUT2D eigenvalue weighted by molar-refractivity contribution is -0.178. The van der Waals surface area contributed by atoms with Gasteiger partial charge in [-0.05, 0) is 83.2 Å². The monoisotopic (exact) mass is 1010 g/mol. The Bertz CT molecular complexity index is 3230. The number of hydrogen-bond donors (Lipinski definition) is 4. The number of carbonyl (C=O) groups excluding carboxylic acids is 4. The van der Waals surface area contributed by atoms with Crippen molar-refractivity contribution in [3.63, 3.8) is 0 Å². The molecule has 0 saturated carbocycles. The lowest BCUT2D eigenvalue weighted by Gasteiger charge is -2.46. The van der Waals surface area contributed by atoms with Crippen molar-refractivity contribution in [2.75, 3.05) is 38.3 Å². The van der Waals surface area contributed by atoms with E-state index in [1.807, 2.05) is 134 Å². The third-order valence-electron chi connectivity index (χ3n) is 14.7. The highest BCUT2D eigenvalue weighted by atomic mass is 16.6. The minimum atomic E-state index is -2.07. The smallest absolute Gasteiger partial charge is 0.329 e. The van der Waals surface area contributed by atoms with E-state index in [2.05, 4.69) is 39.5 Å². The van der Waals surface area contributed by atoms with Crippen LogP contribution in [0.4, 0.5) is 10.5 Å². The zero-order valence-electron chi connectivity index (χ0n) is 42.2. The van der Waals surface area contributed by atoms with Crippen LogP contribution in [0.3, 0.4) is 0 Å². The third kappa shape index (κ3) is 9.99. The lowest BCUT2D eigenvalue weighted by atomic mass is 9.65. The number of cyclic esters (lactones) is 1. The zero-order chi connectivity index (χ0) is 52.8. The van der Waals surface area contributed by atoms with E-state index in [0.717, 1.165) is 21.6 Å². The largest absolute Gasteiger partial charge is 0.491 e. The molecular formula is C63H59N5O8. The number of anilines is 1. The van der Waals surface area contributed by atoms with E-state index in [-0.39, 0.29) is 25.4 Å². The number of hydrogen-bond acceptors (Lipinski definition) is 10. The second-order valence-electron chi connectivity index (χ2n) is 19.5. The van der Waals surface area contributed by atoms with Gasteiger partial charge in [-0.15, -0.1) is 0 Å². The van der Waals surface area contributed by atoms with Crippen molar-refractivity contribution in [3.05, 3.63) is 239 Å². The molecule has 7 aromatic carbocycles. The molecule has 0 unspecified atom stereocenters. The zero-order valence-corrected chi connectivity index (χ0v) is 42.2. The number of aliphatic hydroxyl groups is 2. The number of fused-ring (bicyclic) bond motifs is 3. The summed E-state index contributed by atoms with van der Waals surface area (Å²) in [6.07, 6.45) is -2.10. The number of nitrogens with zero attached hydrogens (tertiary/aromatic N) is 3. The van der Waals surface area contributed by atoms with Crippen LogP contribution in [0.25, 0.3) is 0 Å². The second kappa shape index (κ2) is 22.6. The Morgan fingerprint density at radius 3 is 2.00 bits per heavy atom. The normalized spacial score (nSPS) is 21.4. The Balaban J connectivity index is 1.20. The van der Waals surface area contributed by atoms with Crippen LogP contribution in [-0.4, -0.2) is 83.2 Å². The molecule has 2 fully saturated rings. The Hall–Kier alpha value is -8.38. The van der Waals surface area contributed by atoms with Gasteiger partial charge < -0.3 is 30.3 Å². The van der Waals surface area contributed by atoms with Crippen molar-refractivity contribution >= 4 is 29.5 Å². The minimum Gasteiger partial charge on any atom is -0.491 e. The van der Waals surface area contributed by atoms with Gasteiger partial charge in [0.25, 0.3) is 0 Å². The van der Waals surface area contributed by atoms with Crippen LogP contribution in [0.15, 0.2) is 194 Å². The van der Waals surface area contributed by atoms with Gasteiger partial charge in [-0.1, -0.05) is 176 Å². The second-order valence-corrected chi connectivity index (χ2v) is 19.5. The van der Waals surface area contributed by atoms with Crippen molar-refractivity contribution in [2.45, 2.75) is 55.3 Å². The maximum absolute atomic E-state index is 16.8. The number of aliphatic hydroxyl groups excluding tert-OH is 2. The SMILES string of the molecule is C[C@@H](NC(=O)N1C(=O)[C@@]2(c3cc(C#CCN(C)Cc4ccccc4)ccc31)[C@H](c1ccc(OCCO)cc1)N1[C@H](c3ccccc3)[C@H](c3ccccc3)OC(=O)[C@H]1[C@@H]2C(=O)NC[C@H](O)c1ccccc1)c1ccccc1. The molecule has 0 aromatic heterocycles. The van der Waals surface area contributed by atoms with Crippen LogP contribution >= 0.6 is 0 Å². The van der Waals surface area contributed by atoms with E-state index < -0.39 is 71.5 Å². The van der Waals surface area contributed by atoms with Crippen molar-refractivity contribution in [3.8, 4) is 17.6 Å². The van der Waals surface area contributed by atoms with E-state index in [9.17, 15) is 10.2 Å². The molecule has 76 heavy (non-hydrogen) atoms. The number of nitrogens with one attached hydrogen (secondary N) is 2. The summed E-state index contributed by atoms with van der Waals surface area (Å²) in [5, 5.41) is 27.3. The van der Waals surface area contributed by atoms with Gasteiger partial charge in [-0.3, -0.25) is 24.2 Å². The van der Waals surface area contributed by atoms with Crippen molar-refractivity contribution in [2.24, 2.45) is 5.92 Å². The molecule has 0 bridgehead atoms. The average Bonchev–Trinajstić information content (AvgIpc) is 3.94. The molecule has 8 atom stereocenters. The summed E-state index contributed by atoms with van der Waals surface area (Å²) in [5.41, 5.74) is 3.41. The van der Waals surface area contributed by atoms with E-state index in [1.54, 1.807) is 66.7 Å². The van der Waals surface area contributed by atoms with Crippen LogP contribution in [0.2, 0.25) is 0 Å². The summed E-state index contributed by atoms with van der Waals surface area (Å²) in [6, 6.07) is 54.9. The van der Waals surface area contributed by atoms with Crippen LogP contribution in [0, 0.1) is 17.8 Å². The molecule has 10 rings (SSSR count). The summed E-state index contributed by atoms with van der Waals surface area (Å²) in [4.78, 5) is 68.7. The fraction of sp³-hybridized carbons (Fsp3) is 0.238. The van der Waals surface area contributed by atoms with Gasteiger partial charge in [0.15, 0.2) is 0 Å². The Morgan fingerprint density at radius 1 is 0.750 bits per heavy atom. The third-order valence-corrected chi connectivity index (χ3v) is 14.7. The molecule has 3 heterocycles. The van der Waals surface area contributed by atoms with Crippen molar-refractivity contribution in [1.29, 1.82) is 0 Å². The van der Waals surface area contributed by atoms with E-state index in [0.29, 0.717) is 46.7 Å². The van der Waals surface area contributed by atoms with Crippen molar-refractivity contribution in [1.82, 2.24) is 20.4 Å². The van der Waals surface area contributed by atoms with Gasteiger partial charge >= 0.3 is 12.0 Å².